The van der Waals surface area contributed by atoms with Crippen molar-refractivity contribution in [2.24, 2.45) is 0 Å². The summed E-state index contributed by atoms with van der Waals surface area (Å²) in [6.07, 6.45) is 6.45. The van der Waals surface area contributed by atoms with Gasteiger partial charge in [-0.3, -0.25) is 0 Å². The molecule has 0 aliphatic carbocycles. The van der Waals surface area contributed by atoms with Crippen molar-refractivity contribution in [3.63, 3.8) is 0 Å². The van der Waals surface area contributed by atoms with Gasteiger partial charge in [0.05, 0.1) is 24.8 Å². The monoisotopic (exact) mass is 995 g/mol. The van der Waals surface area contributed by atoms with E-state index in [0.717, 1.165) is 0 Å². The van der Waals surface area contributed by atoms with E-state index in [-0.39, 0.29) is 0 Å². The van der Waals surface area contributed by atoms with Gasteiger partial charge in [0.25, 0.3) is 0 Å². The first-order valence-electron chi connectivity index (χ1n) is 7.15. The predicted molar refractivity (Wildman–Crippen MR) is 170 cm³/mol. The molecule has 2 rings (SSSR count). The van der Waals surface area contributed by atoms with Crippen molar-refractivity contribution < 1.29 is 0 Å². The minimum atomic E-state index is -0.750. The molecule has 168 valence electrons. The first-order chi connectivity index (χ1) is 15.2. The fraction of sp³-hybridized carbons (Fsp3) is 0.111. The summed E-state index contributed by atoms with van der Waals surface area (Å²) < 4.78 is 9.36. The number of aromatic nitrogens is 4. The molecule has 2 aromatic rings. The van der Waals surface area contributed by atoms with Crippen molar-refractivity contribution in [1.82, 2.24) is 19.9 Å². The van der Waals surface area contributed by atoms with Crippen LogP contribution in [0.5, 0.6) is 0 Å². The van der Waals surface area contributed by atoms with E-state index in [0.29, 0.717) is 22.8 Å². The van der Waals surface area contributed by atoms with E-state index >= 15 is 0 Å². The molecule has 0 aliphatic heterocycles. The highest BCUT2D eigenvalue weighted by Gasteiger charge is 1.90. The third kappa shape index (κ3) is 25.7. The van der Waals surface area contributed by atoms with Gasteiger partial charge in [-0.05, 0) is 39.4 Å². The Kier molecular flexibility index (Phi) is 27.7. The Morgan fingerprint density at radius 1 is 0.469 bits per heavy atom. The molecule has 0 spiro atoms. The average molecular weight is 999 g/mol. The zero-order valence-electron chi connectivity index (χ0n) is 15.0. The van der Waals surface area contributed by atoms with E-state index in [9.17, 15) is 0 Å². The molecule has 0 saturated carbocycles. The van der Waals surface area contributed by atoms with Gasteiger partial charge < -0.3 is 0 Å². The van der Waals surface area contributed by atoms with E-state index in [4.69, 9.17) is 69.6 Å². The molecule has 0 aliphatic rings. The van der Waals surface area contributed by atoms with Crippen LogP contribution in [-0.2, 0) is 0 Å². The summed E-state index contributed by atoms with van der Waals surface area (Å²) in [5.41, 5.74) is 2.68. The lowest BCUT2D eigenvalue weighted by Crippen LogP contribution is -1.87. The Balaban J connectivity index is 0. The van der Waals surface area contributed by atoms with Gasteiger partial charge in [0.1, 0.15) is 22.8 Å². The Bertz CT molecular complexity index is 854. The lowest BCUT2D eigenvalue weighted by atomic mass is 10.4. The van der Waals surface area contributed by atoms with Gasteiger partial charge in [-0.15, -0.1) is 0 Å². The summed E-state index contributed by atoms with van der Waals surface area (Å²) in [4.78, 5) is 16.2. The number of nitrogens with zero attached hydrogens (tertiary/aromatic N) is 4. The number of hydrogen-bond donors (Lipinski definition) is 0. The zero-order valence-corrected chi connectivity index (χ0v) is 28.2. The Labute approximate surface area is 271 Å². The summed E-state index contributed by atoms with van der Waals surface area (Å²) in [5, 5.41) is 0. The second kappa shape index (κ2) is 25.2. The molecule has 0 radical (unpaired) electrons. The highest BCUT2D eigenvalue weighted by atomic mass is 127. The maximum atomic E-state index is 4.81. The lowest BCUT2D eigenvalue weighted by molar-refractivity contribution is 1.15. The molecule has 0 amide bonds. The lowest BCUT2D eigenvalue weighted by Gasteiger charge is -1.88. The van der Waals surface area contributed by atoms with Gasteiger partial charge in [0.2, 0.25) is 0 Å². The molecule has 4 nitrogen and oxygen atoms in total. The van der Waals surface area contributed by atoms with Crippen LogP contribution in [0.15, 0.2) is 24.8 Å². The largest absolute Gasteiger partial charge is 0.243 e. The van der Waals surface area contributed by atoms with Crippen molar-refractivity contribution in [2.45, 2.75) is 8.59 Å². The van der Waals surface area contributed by atoms with Crippen LogP contribution >= 0.6 is 160 Å². The van der Waals surface area contributed by atoms with E-state index in [1.54, 1.807) is 24.8 Å². The minimum absolute atomic E-state index is 0.670. The highest BCUT2D eigenvalue weighted by molar-refractivity contribution is 14.1. The quantitative estimate of drug-likeness (QED) is 0.153. The highest BCUT2D eigenvalue weighted by Crippen LogP contribution is 2.04. The third-order valence-corrected chi connectivity index (χ3v) is 3.08. The van der Waals surface area contributed by atoms with Crippen LogP contribution in [0.1, 0.15) is 22.8 Å². The van der Waals surface area contributed by atoms with Gasteiger partial charge in [0.15, 0.2) is 8.59 Å². The van der Waals surface area contributed by atoms with Crippen LogP contribution in [0.2, 0.25) is 0 Å². The number of alkyl halides is 6. The van der Waals surface area contributed by atoms with Crippen LogP contribution in [0.3, 0.4) is 0 Å². The third-order valence-electron chi connectivity index (χ3n) is 2.00. The second-order valence-electron chi connectivity index (χ2n) is 3.95. The van der Waals surface area contributed by atoms with Crippen molar-refractivity contribution in [3.05, 3.63) is 47.6 Å². The van der Waals surface area contributed by atoms with Crippen molar-refractivity contribution in [3.8, 4) is 39.4 Å². The minimum Gasteiger partial charge on any atom is -0.243 e. The SMILES string of the molecule is ClC(Cl)Cl.ClC(Cl)Cl.IC#Cc1cnc(C#CI)cn1.IC#Cc1cnc(C#CI)cn1. The van der Waals surface area contributed by atoms with Crippen LogP contribution in [0, 0.1) is 39.4 Å². The maximum absolute atomic E-state index is 4.81. The number of halogens is 10. The summed E-state index contributed by atoms with van der Waals surface area (Å²) >= 11 is 36.7. The normalized spacial score (nSPS) is 7.88. The molecule has 2 heterocycles. The van der Waals surface area contributed by atoms with Crippen LogP contribution in [0.4, 0.5) is 0 Å². The molecule has 0 fully saturated rings. The summed E-state index contributed by atoms with van der Waals surface area (Å²) in [6.45, 7) is 0. The molecule has 0 saturated heterocycles. The fourth-order valence-corrected chi connectivity index (χ4v) is 2.21. The first-order valence-corrected chi connectivity index (χ1v) is 14.1. The Morgan fingerprint density at radius 2 is 0.625 bits per heavy atom. The molecule has 0 N–H and O–H groups in total. The van der Waals surface area contributed by atoms with Crippen molar-refractivity contribution in [2.75, 3.05) is 0 Å². The standard InChI is InChI=1S/2C8H2I2N2.2CHCl3/c2*9-3-1-7-5-12-8(2-4-10)6-11-7;2*2-1(3)4/h2*5-6H;2*1H. The molecule has 32 heavy (non-hydrogen) atoms. The summed E-state index contributed by atoms with van der Waals surface area (Å²) in [6, 6.07) is 0. The van der Waals surface area contributed by atoms with Gasteiger partial charge in [0, 0.05) is 90.4 Å². The van der Waals surface area contributed by atoms with Crippen LogP contribution < -0.4 is 0 Å². The summed E-state index contributed by atoms with van der Waals surface area (Å²) in [7, 11) is 0. The van der Waals surface area contributed by atoms with Gasteiger partial charge >= 0.3 is 0 Å². The molecule has 0 aromatic carbocycles. The van der Waals surface area contributed by atoms with Gasteiger partial charge in [-0.2, -0.15) is 0 Å². The number of rotatable bonds is 0. The van der Waals surface area contributed by atoms with E-state index in [2.05, 4.69) is 59.3 Å². The van der Waals surface area contributed by atoms with Gasteiger partial charge in [-0.1, -0.05) is 69.6 Å². The van der Waals surface area contributed by atoms with E-state index in [1.807, 2.05) is 90.4 Å². The summed E-state index contributed by atoms with van der Waals surface area (Å²) in [5.74, 6) is 11.2. The molecule has 0 atom stereocenters. The van der Waals surface area contributed by atoms with E-state index < -0.39 is 8.59 Å². The smallest absolute Gasteiger partial charge is 0.180 e. The number of hydrogen-bond acceptors (Lipinski definition) is 4. The van der Waals surface area contributed by atoms with Crippen molar-refractivity contribution in [1.29, 1.82) is 0 Å². The van der Waals surface area contributed by atoms with E-state index in [1.165, 1.54) is 0 Å². The van der Waals surface area contributed by atoms with Crippen LogP contribution in [0.25, 0.3) is 0 Å². The fourth-order valence-electron chi connectivity index (χ4n) is 1.11. The van der Waals surface area contributed by atoms with Crippen molar-refractivity contribution >= 4 is 160 Å². The average Bonchev–Trinajstić information content (AvgIpc) is 2.72. The zero-order chi connectivity index (χ0) is 24.8. The Hall–Kier alpha value is 1.06. The Morgan fingerprint density at radius 3 is 0.719 bits per heavy atom. The molecule has 0 unspecified atom stereocenters. The molecular formula is C18H6Cl6I4N4. The van der Waals surface area contributed by atoms with Gasteiger partial charge in [-0.25, -0.2) is 19.9 Å². The topological polar surface area (TPSA) is 51.6 Å². The van der Waals surface area contributed by atoms with Crippen LogP contribution in [-0.4, -0.2) is 28.5 Å². The molecular weight excluding hydrogens is 993 g/mol. The first kappa shape index (κ1) is 35.2. The second-order valence-corrected chi connectivity index (χ2v) is 10.1. The maximum Gasteiger partial charge on any atom is 0.180 e. The predicted octanol–water partition coefficient (Wildman–Crippen LogP) is 7.90. The molecule has 14 heteroatoms. The molecule has 0 bridgehead atoms. The molecule has 2 aromatic heterocycles.